The van der Waals surface area contributed by atoms with E-state index in [1.54, 1.807) is 11.1 Å². The van der Waals surface area contributed by atoms with Crippen LogP contribution in [-0.2, 0) is 0 Å². The molecule has 0 bridgehead atoms. The molecule has 0 heteroatoms. The Labute approximate surface area is 75.4 Å². The molecule has 2 aliphatic rings. The molecule has 0 spiro atoms. The zero-order chi connectivity index (χ0) is 8.39. The van der Waals surface area contributed by atoms with Gasteiger partial charge in [0.25, 0.3) is 0 Å². The van der Waals surface area contributed by atoms with Crippen molar-refractivity contribution in [3.05, 3.63) is 23.3 Å². The molecule has 0 aromatic heterocycles. The fraction of sp³-hybridized carbons (Fsp3) is 0.667. The largest absolute Gasteiger partial charge is 0.0802 e. The molecule has 0 nitrogen and oxygen atoms in total. The van der Waals surface area contributed by atoms with Crippen molar-refractivity contribution in [2.45, 2.75) is 45.4 Å². The van der Waals surface area contributed by atoms with Crippen LogP contribution in [0.4, 0.5) is 0 Å². The first-order chi connectivity index (χ1) is 5.90. The van der Waals surface area contributed by atoms with E-state index in [9.17, 15) is 0 Å². The Bertz CT molecular complexity index is 220. The summed E-state index contributed by atoms with van der Waals surface area (Å²) in [6, 6.07) is 0. The predicted octanol–water partition coefficient (Wildman–Crippen LogP) is 3.84. The highest BCUT2D eigenvalue weighted by Gasteiger charge is 2.20. The first kappa shape index (κ1) is 8.10. The van der Waals surface area contributed by atoms with Crippen LogP contribution < -0.4 is 0 Å². The quantitative estimate of drug-likeness (QED) is 0.578. The normalized spacial score (nSPS) is 27.9. The van der Waals surface area contributed by atoms with Gasteiger partial charge in [-0.05, 0) is 37.2 Å². The van der Waals surface area contributed by atoms with Crippen molar-refractivity contribution >= 4 is 0 Å². The molecule has 2 rings (SSSR count). The van der Waals surface area contributed by atoms with Crippen LogP contribution in [0.25, 0.3) is 0 Å². The molecule has 0 aliphatic heterocycles. The molecule has 1 atom stereocenters. The minimum Gasteiger partial charge on any atom is -0.0802 e. The van der Waals surface area contributed by atoms with Crippen molar-refractivity contribution in [3.63, 3.8) is 0 Å². The Morgan fingerprint density at radius 3 is 3.25 bits per heavy atom. The van der Waals surface area contributed by atoms with Crippen LogP contribution in [0, 0.1) is 5.92 Å². The SMILES string of the molecule is CCCC1CCC2=C(C=CC2)C1. The van der Waals surface area contributed by atoms with E-state index in [0.717, 1.165) is 5.92 Å². The van der Waals surface area contributed by atoms with E-state index in [2.05, 4.69) is 19.1 Å². The van der Waals surface area contributed by atoms with Crippen molar-refractivity contribution in [3.8, 4) is 0 Å². The first-order valence-electron chi connectivity index (χ1n) is 5.27. The van der Waals surface area contributed by atoms with Gasteiger partial charge in [0, 0.05) is 0 Å². The lowest BCUT2D eigenvalue weighted by Crippen LogP contribution is -2.07. The maximum absolute atomic E-state index is 2.36. The van der Waals surface area contributed by atoms with E-state index in [1.165, 1.54) is 38.5 Å². The predicted molar refractivity (Wildman–Crippen MR) is 53.0 cm³/mol. The summed E-state index contributed by atoms with van der Waals surface area (Å²) in [6.45, 7) is 2.30. The Kier molecular flexibility index (Phi) is 2.34. The maximum Gasteiger partial charge on any atom is -0.0130 e. The van der Waals surface area contributed by atoms with Gasteiger partial charge in [0.05, 0.1) is 0 Å². The maximum atomic E-state index is 2.36. The molecular formula is C12H18. The van der Waals surface area contributed by atoms with Gasteiger partial charge < -0.3 is 0 Å². The monoisotopic (exact) mass is 162 g/mol. The van der Waals surface area contributed by atoms with Gasteiger partial charge in [0.15, 0.2) is 0 Å². The van der Waals surface area contributed by atoms with Gasteiger partial charge >= 0.3 is 0 Å². The smallest absolute Gasteiger partial charge is 0.0130 e. The number of rotatable bonds is 2. The second-order valence-corrected chi connectivity index (χ2v) is 4.13. The van der Waals surface area contributed by atoms with Crippen LogP contribution in [-0.4, -0.2) is 0 Å². The zero-order valence-electron chi connectivity index (χ0n) is 7.97. The molecule has 0 saturated heterocycles. The van der Waals surface area contributed by atoms with Crippen molar-refractivity contribution in [2.75, 3.05) is 0 Å². The third-order valence-electron chi connectivity index (χ3n) is 3.20. The highest BCUT2D eigenvalue weighted by molar-refractivity contribution is 5.35. The van der Waals surface area contributed by atoms with Gasteiger partial charge in [-0.15, -0.1) is 0 Å². The van der Waals surface area contributed by atoms with Gasteiger partial charge in [-0.3, -0.25) is 0 Å². The van der Waals surface area contributed by atoms with Gasteiger partial charge in [0.2, 0.25) is 0 Å². The van der Waals surface area contributed by atoms with Gasteiger partial charge in [-0.1, -0.05) is 37.5 Å². The van der Waals surface area contributed by atoms with Crippen LogP contribution in [0.2, 0.25) is 0 Å². The fourth-order valence-electron chi connectivity index (χ4n) is 2.51. The second-order valence-electron chi connectivity index (χ2n) is 4.13. The lowest BCUT2D eigenvalue weighted by molar-refractivity contribution is 0.424. The van der Waals surface area contributed by atoms with Crippen molar-refractivity contribution in [2.24, 2.45) is 5.92 Å². The molecule has 12 heavy (non-hydrogen) atoms. The standard InChI is InChI=1S/C12H18/c1-2-4-10-7-8-11-5-3-6-12(11)9-10/h3,6,10H,2,4-5,7-9H2,1H3. The lowest BCUT2D eigenvalue weighted by Gasteiger charge is -2.23. The third-order valence-corrected chi connectivity index (χ3v) is 3.20. The van der Waals surface area contributed by atoms with Crippen molar-refractivity contribution < 1.29 is 0 Å². The molecule has 0 radical (unpaired) electrons. The van der Waals surface area contributed by atoms with Gasteiger partial charge in [-0.2, -0.15) is 0 Å². The minimum atomic E-state index is 0.997. The van der Waals surface area contributed by atoms with Crippen molar-refractivity contribution in [1.29, 1.82) is 0 Å². The summed E-state index contributed by atoms with van der Waals surface area (Å²) >= 11 is 0. The molecule has 0 aromatic carbocycles. The van der Waals surface area contributed by atoms with E-state index in [4.69, 9.17) is 0 Å². The van der Waals surface area contributed by atoms with Crippen LogP contribution in [0.5, 0.6) is 0 Å². The summed E-state index contributed by atoms with van der Waals surface area (Å²) in [5.74, 6) is 0.997. The molecule has 0 saturated carbocycles. The molecule has 0 amide bonds. The molecule has 0 N–H and O–H groups in total. The summed E-state index contributed by atoms with van der Waals surface area (Å²) in [4.78, 5) is 0. The minimum absolute atomic E-state index is 0.997. The van der Waals surface area contributed by atoms with Crippen LogP contribution in [0.15, 0.2) is 23.3 Å². The summed E-state index contributed by atoms with van der Waals surface area (Å²) in [7, 11) is 0. The molecular weight excluding hydrogens is 144 g/mol. The molecule has 2 aliphatic carbocycles. The molecule has 0 aromatic rings. The molecule has 0 fully saturated rings. The molecule has 66 valence electrons. The van der Waals surface area contributed by atoms with Gasteiger partial charge in [-0.25, -0.2) is 0 Å². The number of hydrogen-bond acceptors (Lipinski definition) is 0. The first-order valence-corrected chi connectivity index (χ1v) is 5.27. The Hall–Kier alpha value is -0.520. The van der Waals surface area contributed by atoms with E-state index >= 15 is 0 Å². The van der Waals surface area contributed by atoms with Crippen LogP contribution >= 0.6 is 0 Å². The summed E-state index contributed by atoms with van der Waals surface area (Å²) < 4.78 is 0. The average molecular weight is 162 g/mol. The lowest BCUT2D eigenvalue weighted by atomic mass is 9.83. The number of allylic oxidation sites excluding steroid dienone is 4. The third kappa shape index (κ3) is 1.48. The van der Waals surface area contributed by atoms with E-state index < -0.39 is 0 Å². The topological polar surface area (TPSA) is 0 Å². The van der Waals surface area contributed by atoms with Crippen molar-refractivity contribution in [1.82, 2.24) is 0 Å². The number of hydrogen-bond donors (Lipinski definition) is 0. The summed E-state index contributed by atoms with van der Waals surface area (Å²) in [6.07, 6.45) is 13.0. The summed E-state index contributed by atoms with van der Waals surface area (Å²) in [5, 5.41) is 0. The van der Waals surface area contributed by atoms with E-state index in [0.29, 0.717) is 0 Å². The molecule has 1 unspecified atom stereocenters. The molecule has 0 heterocycles. The van der Waals surface area contributed by atoms with Gasteiger partial charge in [0.1, 0.15) is 0 Å². The zero-order valence-corrected chi connectivity index (χ0v) is 7.97. The highest BCUT2D eigenvalue weighted by atomic mass is 14.3. The Morgan fingerprint density at radius 2 is 2.42 bits per heavy atom. The van der Waals surface area contributed by atoms with E-state index in [-0.39, 0.29) is 0 Å². The Balaban J connectivity index is 1.98. The highest BCUT2D eigenvalue weighted by Crippen LogP contribution is 2.37. The van der Waals surface area contributed by atoms with E-state index in [1.807, 2.05) is 0 Å². The fourth-order valence-corrected chi connectivity index (χ4v) is 2.51. The second kappa shape index (κ2) is 3.47. The average Bonchev–Trinajstić information content (AvgIpc) is 2.51. The van der Waals surface area contributed by atoms with Crippen LogP contribution in [0.1, 0.15) is 45.4 Å². The van der Waals surface area contributed by atoms with Crippen LogP contribution in [0.3, 0.4) is 0 Å². The summed E-state index contributed by atoms with van der Waals surface area (Å²) in [5.41, 5.74) is 3.42. The Morgan fingerprint density at radius 1 is 1.50 bits per heavy atom.